The van der Waals surface area contributed by atoms with Gasteiger partial charge in [-0.25, -0.2) is 18.2 Å². The topological polar surface area (TPSA) is 118 Å². The number of carbonyl (C=O) groups excluding carboxylic acids is 2. The number of carbonyl (C=O) groups is 2. The van der Waals surface area contributed by atoms with Gasteiger partial charge >= 0.3 is 6.09 Å². The second-order valence-electron chi connectivity index (χ2n) is 11.6. The maximum atomic E-state index is 12.7. The first-order chi connectivity index (χ1) is 18.8. The molecular weight excluding hydrogens is 552 g/mol. The molecule has 0 aliphatic carbocycles. The monoisotopic (exact) mass is 592 g/mol. The Morgan fingerprint density at radius 1 is 1.23 bits per heavy atom. The average Bonchev–Trinajstić information content (AvgIpc) is 3.39. The highest BCUT2D eigenvalue weighted by molar-refractivity contribution is 7.91. The molecule has 0 spiro atoms. The smallest absolute Gasteiger partial charge is 0.410 e. The van der Waals surface area contributed by atoms with Crippen LogP contribution in [0.4, 0.5) is 9.93 Å². The second-order valence-corrected chi connectivity index (χ2v) is 15.0. The lowest BCUT2D eigenvalue weighted by Gasteiger charge is -2.37. The molecule has 0 bridgehead atoms. The highest BCUT2D eigenvalue weighted by Crippen LogP contribution is 2.42. The standard InChI is InChI=1S/C28H40N4O6S2/c1-7-40(35,36)21-10-8-19(9-11-21)14-23(33)29-26-30-24-22(39-26)17-32(25(24)18(2)3)16-20-15-31(12-13-37-20)27(34)38-28(4,5)6/h8-11,18,20,25H,7,12-17H2,1-6H3,(H,29,30,33)/t20-,25+/m1/s1. The number of morpholine rings is 1. The van der Waals surface area contributed by atoms with Crippen LogP contribution < -0.4 is 5.32 Å². The highest BCUT2D eigenvalue weighted by atomic mass is 32.2. The molecule has 2 aliphatic rings. The predicted molar refractivity (Wildman–Crippen MR) is 154 cm³/mol. The summed E-state index contributed by atoms with van der Waals surface area (Å²) in [5.41, 5.74) is 1.16. The minimum atomic E-state index is -3.27. The third-order valence-electron chi connectivity index (χ3n) is 6.88. The molecule has 1 aromatic carbocycles. The summed E-state index contributed by atoms with van der Waals surface area (Å²) in [4.78, 5) is 35.6. The van der Waals surface area contributed by atoms with Crippen molar-refractivity contribution in [3.05, 3.63) is 40.4 Å². The number of thiazole rings is 1. The molecule has 1 N–H and O–H groups in total. The molecule has 12 heteroatoms. The molecule has 0 radical (unpaired) electrons. The van der Waals surface area contributed by atoms with Crippen molar-refractivity contribution in [1.29, 1.82) is 0 Å². The van der Waals surface area contributed by atoms with E-state index in [0.29, 0.717) is 37.9 Å². The van der Waals surface area contributed by atoms with Gasteiger partial charge in [-0.2, -0.15) is 0 Å². The fourth-order valence-corrected chi connectivity index (χ4v) is 6.97. The zero-order valence-electron chi connectivity index (χ0n) is 24.1. The first-order valence-corrected chi connectivity index (χ1v) is 16.2. The van der Waals surface area contributed by atoms with E-state index >= 15 is 0 Å². The van der Waals surface area contributed by atoms with Crippen LogP contribution in [0, 0.1) is 5.92 Å². The summed E-state index contributed by atoms with van der Waals surface area (Å²) < 4.78 is 35.6. The van der Waals surface area contributed by atoms with Gasteiger partial charge in [-0.1, -0.05) is 32.9 Å². The number of benzene rings is 1. The van der Waals surface area contributed by atoms with E-state index in [2.05, 4.69) is 24.1 Å². The molecule has 1 saturated heterocycles. The zero-order valence-corrected chi connectivity index (χ0v) is 25.7. The van der Waals surface area contributed by atoms with Gasteiger partial charge in [-0.3, -0.25) is 9.69 Å². The van der Waals surface area contributed by atoms with Crippen LogP contribution >= 0.6 is 11.3 Å². The number of aromatic nitrogens is 1. The normalized spacial score (nSPS) is 20.0. The molecule has 10 nitrogen and oxygen atoms in total. The summed E-state index contributed by atoms with van der Waals surface area (Å²) in [7, 11) is -3.27. The number of sulfone groups is 1. The van der Waals surface area contributed by atoms with Crippen LogP contribution in [0.1, 0.15) is 63.7 Å². The van der Waals surface area contributed by atoms with Crippen LogP contribution in [0.3, 0.4) is 0 Å². The molecule has 1 fully saturated rings. The van der Waals surface area contributed by atoms with E-state index in [1.54, 1.807) is 36.1 Å². The van der Waals surface area contributed by atoms with Gasteiger partial charge in [0.1, 0.15) is 5.60 Å². The first-order valence-electron chi connectivity index (χ1n) is 13.7. The number of nitrogens with one attached hydrogen (secondary N) is 1. The fraction of sp³-hybridized carbons (Fsp3) is 0.607. The van der Waals surface area contributed by atoms with Crippen LogP contribution in [-0.2, 0) is 37.1 Å². The van der Waals surface area contributed by atoms with Crippen LogP contribution in [0.5, 0.6) is 0 Å². The lowest BCUT2D eigenvalue weighted by Crippen LogP contribution is -2.50. The van der Waals surface area contributed by atoms with E-state index in [-0.39, 0.29) is 47.1 Å². The molecule has 1 aromatic heterocycles. The maximum Gasteiger partial charge on any atom is 0.410 e. The van der Waals surface area contributed by atoms with Crippen molar-refractivity contribution in [2.45, 2.75) is 77.2 Å². The van der Waals surface area contributed by atoms with Crippen molar-refractivity contribution in [3.63, 3.8) is 0 Å². The third-order valence-corrected chi connectivity index (χ3v) is 9.60. The predicted octanol–water partition coefficient (Wildman–Crippen LogP) is 4.27. The van der Waals surface area contributed by atoms with Gasteiger partial charge in [-0.05, 0) is 44.4 Å². The number of fused-ring (bicyclic) bond motifs is 1. The SMILES string of the molecule is CCS(=O)(=O)c1ccc(CC(=O)Nc2nc3c(s2)CN(C[C@H]2CN(C(=O)OC(C)(C)C)CCO2)[C@H]3C(C)C)cc1. The van der Waals surface area contributed by atoms with E-state index in [0.717, 1.165) is 16.1 Å². The molecule has 0 saturated carbocycles. The Bertz CT molecular complexity index is 1320. The largest absolute Gasteiger partial charge is 0.444 e. The average molecular weight is 593 g/mol. The Labute approximate surface area is 241 Å². The Hall–Kier alpha value is -2.54. The first kappa shape index (κ1) is 30.4. The van der Waals surface area contributed by atoms with Gasteiger partial charge in [0, 0.05) is 24.5 Å². The quantitative estimate of drug-likeness (QED) is 0.483. The number of anilines is 1. The van der Waals surface area contributed by atoms with Gasteiger partial charge in [-0.15, -0.1) is 11.3 Å². The van der Waals surface area contributed by atoms with Crippen LogP contribution in [-0.4, -0.2) is 78.9 Å². The summed E-state index contributed by atoms with van der Waals surface area (Å²) in [6.07, 6.45) is -0.316. The maximum absolute atomic E-state index is 12.7. The van der Waals surface area contributed by atoms with Gasteiger partial charge in [0.05, 0.1) is 48.1 Å². The summed E-state index contributed by atoms with van der Waals surface area (Å²) in [6, 6.07) is 6.51. The van der Waals surface area contributed by atoms with Crippen molar-refractivity contribution < 1.29 is 27.5 Å². The Morgan fingerprint density at radius 2 is 1.93 bits per heavy atom. The molecule has 220 valence electrons. The molecule has 40 heavy (non-hydrogen) atoms. The van der Waals surface area contributed by atoms with Gasteiger partial charge in [0.2, 0.25) is 5.91 Å². The van der Waals surface area contributed by atoms with E-state index in [9.17, 15) is 18.0 Å². The van der Waals surface area contributed by atoms with E-state index in [1.807, 2.05) is 20.8 Å². The minimum Gasteiger partial charge on any atom is -0.444 e. The summed E-state index contributed by atoms with van der Waals surface area (Å²) in [5, 5.41) is 3.48. The number of rotatable bonds is 8. The summed E-state index contributed by atoms with van der Waals surface area (Å²) in [5.74, 6) is 0.124. The fourth-order valence-electron chi connectivity index (χ4n) is 5.05. The second kappa shape index (κ2) is 12.1. The Morgan fingerprint density at radius 3 is 2.55 bits per heavy atom. The number of hydrogen-bond acceptors (Lipinski definition) is 9. The van der Waals surface area contributed by atoms with Crippen LogP contribution in [0.2, 0.25) is 0 Å². The Kier molecular flexibility index (Phi) is 9.23. The molecule has 3 heterocycles. The lowest BCUT2D eigenvalue weighted by molar-refractivity contribution is -0.115. The lowest BCUT2D eigenvalue weighted by atomic mass is 10.0. The third kappa shape index (κ3) is 7.39. The zero-order chi connectivity index (χ0) is 29.2. The van der Waals surface area contributed by atoms with E-state index in [4.69, 9.17) is 14.5 Å². The summed E-state index contributed by atoms with van der Waals surface area (Å²) >= 11 is 1.48. The van der Waals surface area contributed by atoms with Crippen molar-refractivity contribution in [2.75, 3.05) is 37.3 Å². The van der Waals surface area contributed by atoms with E-state index < -0.39 is 15.4 Å². The van der Waals surface area contributed by atoms with Crippen molar-refractivity contribution in [2.24, 2.45) is 5.92 Å². The molecule has 2 aliphatic heterocycles. The molecule has 2 amide bonds. The number of ether oxygens (including phenoxy) is 2. The molecule has 0 unspecified atom stereocenters. The molecule has 2 atom stereocenters. The number of nitrogens with zero attached hydrogens (tertiary/aromatic N) is 3. The van der Waals surface area contributed by atoms with Gasteiger partial charge in [0.15, 0.2) is 15.0 Å². The molecular formula is C28H40N4O6S2. The van der Waals surface area contributed by atoms with Crippen LogP contribution in [0.25, 0.3) is 0 Å². The minimum absolute atomic E-state index is 0.0363. The van der Waals surface area contributed by atoms with Crippen molar-refractivity contribution in [1.82, 2.24) is 14.8 Å². The van der Waals surface area contributed by atoms with E-state index in [1.165, 1.54) is 11.3 Å². The molecule has 2 aromatic rings. The van der Waals surface area contributed by atoms with Crippen molar-refractivity contribution in [3.8, 4) is 0 Å². The molecule has 4 rings (SSSR count). The highest BCUT2D eigenvalue weighted by Gasteiger charge is 2.38. The van der Waals surface area contributed by atoms with Crippen molar-refractivity contribution >= 4 is 38.3 Å². The van der Waals surface area contributed by atoms with Gasteiger partial charge in [0.25, 0.3) is 0 Å². The van der Waals surface area contributed by atoms with Crippen LogP contribution in [0.15, 0.2) is 29.2 Å². The Balaban J connectivity index is 1.36. The van der Waals surface area contributed by atoms with Gasteiger partial charge < -0.3 is 19.7 Å². The number of amides is 2. The number of hydrogen-bond donors (Lipinski definition) is 1. The summed E-state index contributed by atoms with van der Waals surface area (Å²) in [6.45, 7) is 14.3.